The van der Waals surface area contributed by atoms with E-state index in [-0.39, 0.29) is 5.38 Å². The van der Waals surface area contributed by atoms with Gasteiger partial charge in [-0.15, -0.1) is 11.6 Å². The summed E-state index contributed by atoms with van der Waals surface area (Å²) >= 11 is 6.35. The number of rotatable bonds is 3. The van der Waals surface area contributed by atoms with Gasteiger partial charge in [0.05, 0.1) is 13.7 Å². The zero-order valence-corrected chi connectivity index (χ0v) is 11.2. The van der Waals surface area contributed by atoms with Crippen LogP contribution in [0.3, 0.4) is 0 Å². The molecule has 0 spiro atoms. The van der Waals surface area contributed by atoms with Crippen LogP contribution in [0.2, 0.25) is 0 Å². The molecule has 3 heteroatoms. The summed E-state index contributed by atoms with van der Waals surface area (Å²) in [4.78, 5) is 0. The predicted molar refractivity (Wildman–Crippen MR) is 70.0 cm³/mol. The Bertz CT molecular complexity index is 378. The molecule has 2 rings (SSSR count). The topological polar surface area (TPSA) is 18.5 Å². The van der Waals surface area contributed by atoms with E-state index in [0.29, 0.717) is 5.92 Å². The van der Waals surface area contributed by atoms with Gasteiger partial charge in [-0.2, -0.15) is 0 Å². The molecule has 0 aromatic heterocycles. The zero-order chi connectivity index (χ0) is 12.3. The van der Waals surface area contributed by atoms with E-state index in [1.165, 1.54) is 11.1 Å². The van der Waals surface area contributed by atoms with Crippen molar-refractivity contribution in [2.24, 2.45) is 5.92 Å². The summed E-state index contributed by atoms with van der Waals surface area (Å²) in [6.45, 7) is 3.64. The average molecular weight is 255 g/mol. The standard InChI is InChI=1S/C14H19ClO2/c1-10-3-4-14(16-2)11(7-10)8-12-9-17-6-5-13(12)15/h3-4,7,12-13H,5-6,8-9H2,1-2H3. The van der Waals surface area contributed by atoms with Crippen LogP contribution in [0.25, 0.3) is 0 Å². The first kappa shape index (κ1) is 12.7. The third-order valence-electron chi connectivity index (χ3n) is 3.30. The number of aryl methyl sites for hydroxylation is 1. The van der Waals surface area contributed by atoms with Gasteiger partial charge < -0.3 is 9.47 Å². The molecule has 0 aliphatic carbocycles. The Balaban J connectivity index is 2.13. The van der Waals surface area contributed by atoms with Crippen molar-refractivity contribution in [3.63, 3.8) is 0 Å². The molecule has 2 unspecified atom stereocenters. The number of hydrogen-bond donors (Lipinski definition) is 0. The first-order chi connectivity index (χ1) is 8.20. The number of halogens is 1. The zero-order valence-electron chi connectivity index (χ0n) is 10.4. The highest BCUT2D eigenvalue weighted by Gasteiger charge is 2.25. The highest BCUT2D eigenvalue weighted by atomic mass is 35.5. The Hall–Kier alpha value is -0.730. The Morgan fingerprint density at radius 1 is 1.47 bits per heavy atom. The van der Waals surface area contributed by atoms with E-state index < -0.39 is 0 Å². The van der Waals surface area contributed by atoms with Crippen molar-refractivity contribution in [2.75, 3.05) is 20.3 Å². The normalized spacial score (nSPS) is 24.6. The molecule has 0 radical (unpaired) electrons. The van der Waals surface area contributed by atoms with Crippen LogP contribution < -0.4 is 4.74 Å². The second kappa shape index (κ2) is 5.74. The molecule has 17 heavy (non-hydrogen) atoms. The molecular weight excluding hydrogens is 236 g/mol. The van der Waals surface area contributed by atoms with Gasteiger partial charge in [0.15, 0.2) is 0 Å². The largest absolute Gasteiger partial charge is 0.496 e. The smallest absolute Gasteiger partial charge is 0.122 e. The first-order valence-corrected chi connectivity index (χ1v) is 6.49. The average Bonchev–Trinajstić information content (AvgIpc) is 2.32. The maximum Gasteiger partial charge on any atom is 0.122 e. The minimum Gasteiger partial charge on any atom is -0.496 e. The predicted octanol–water partition coefficient (Wildman–Crippen LogP) is 3.19. The van der Waals surface area contributed by atoms with E-state index in [1.54, 1.807) is 7.11 Å². The lowest BCUT2D eigenvalue weighted by atomic mass is 9.92. The van der Waals surface area contributed by atoms with E-state index in [9.17, 15) is 0 Å². The molecule has 94 valence electrons. The van der Waals surface area contributed by atoms with Gasteiger partial charge in [-0.25, -0.2) is 0 Å². The van der Waals surface area contributed by atoms with Gasteiger partial charge in [-0.3, -0.25) is 0 Å². The van der Waals surface area contributed by atoms with Crippen LogP contribution in [0.5, 0.6) is 5.75 Å². The van der Waals surface area contributed by atoms with Gasteiger partial charge in [-0.1, -0.05) is 17.7 Å². The Labute approximate surface area is 108 Å². The highest BCUT2D eigenvalue weighted by Crippen LogP contribution is 2.28. The van der Waals surface area contributed by atoms with Crippen molar-refractivity contribution in [2.45, 2.75) is 25.1 Å². The summed E-state index contributed by atoms with van der Waals surface area (Å²) in [5.41, 5.74) is 2.48. The van der Waals surface area contributed by atoms with Crippen LogP contribution in [-0.4, -0.2) is 25.7 Å². The molecule has 1 aliphatic rings. The summed E-state index contributed by atoms with van der Waals surface area (Å²) in [5.74, 6) is 1.34. The van der Waals surface area contributed by atoms with E-state index in [2.05, 4.69) is 19.1 Å². The van der Waals surface area contributed by atoms with Gasteiger partial charge in [0.25, 0.3) is 0 Å². The van der Waals surface area contributed by atoms with Crippen molar-refractivity contribution in [1.82, 2.24) is 0 Å². The monoisotopic (exact) mass is 254 g/mol. The first-order valence-electron chi connectivity index (χ1n) is 6.06. The summed E-state index contributed by atoms with van der Waals surface area (Å²) in [6, 6.07) is 6.27. The second-order valence-electron chi connectivity index (χ2n) is 4.66. The summed E-state index contributed by atoms with van der Waals surface area (Å²) in [6.07, 6.45) is 1.87. The molecular formula is C14H19ClO2. The van der Waals surface area contributed by atoms with E-state index >= 15 is 0 Å². The third-order valence-corrected chi connectivity index (χ3v) is 3.87. The van der Waals surface area contributed by atoms with E-state index in [0.717, 1.165) is 31.8 Å². The SMILES string of the molecule is COc1ccc(C)cc1CC1COCCC1Cl. The van der Waals surface area contributed by atoms with Crippen molar-refractivity contribution >= 4 is 11.6 Å². The van der Waals surface area contributed by atoms with Gasteiger partial charge in [0.2, 0.25) is 0 Å². The van der Waals surface area contributed by atoms with Crippen molar-refractivity contribution < 1.29 is 9.47 Å². The van der Waals surface area contributed by atoms with Gasteiger partial charge in [-0.05, 0) is 31.4 Å². The third kappa shape index (κ3) is 3.14. The second-order valence-corrected chi connectivity index (χ2v) is 5.22. The van der Waals surface area contributed by atoms with Gasteiger partial charge in [0, 0.05) is 17.9 Å². The number of methoxy groups -OCH3 is 1. The minimum absolute atomic E-state index is 0.217. The summed E-state index contributed by atoms with van der Waals surface area (Å²) in [5, 5.41) is 0.217. The summed E-state index contributed by atoms with van der Waals surface area (Å²) in [7, 11) is 1.71. The van der Waals surface area contributed by atoms with Gasteiger partial charge in [0.1, 0.15) is 5.75 Å². The summed E-state index contributed by atoms with van der Waals surface area (Å²) < 4.78 is 10.9. The molecule has 1 aromatic rings. The fourth-order valence-electron chi connectivity index (χ4n) is 2.31. The minimum atomic E-state index is 0.217. The van der Waals surface area contributed by atoms with Crippen LogP contribution in [0, 0.1) is 12.8 Å². The lowest BCUT2D eigenvalue weighted by molar-refractivity contribution is 0.0576. The van der Waals surface area contributed by atoms with Crippen LogP contribution in [0.1, 0.15) is 17.5 Å². The van der Waals surface area contributed by atoms with E-state index in [4.69, 9.17) is 21.1 Å². The highest BCUT2D eigenvalue weighted by molar-refractivity contribution is 6.20. The number of hydrogen-bond acceptors (Lipinski definition) is 2. The number of alkyl halides is 1. The van der Waals surface area contributed by atoms with Crippen LogP contribution in [-0.2, 0) is 11.2 Å². The molecule has 1 fully saturated rings. The maximum atomic E-state index is 6.35. The molecule has 0 N–H and O–H groups in total. The molecule has 2 nitrogen and oxygen atoms in total. The van der Waals surface area contributed by atoms with Gasteiger partial charge >= 0.3 is 0 Å². The molecule has 0 saturated carbocycles. The molecule has 0 bridgehead atoms. The van der Waals surface area contributed by atoms with Crippen molar-refractivity contribution in [1.29, 1.82) is 0 Å². The Morgan fingerprint density at radius 3 is 3.00 bits per heavy atom. The van der Waals surface area contributed by atoms with E-state index in [1.807, 2.05) is 6.07 Å². The maximum absolute atomic E-state index is 6.35. The van der Waals surface area contributed by atoms with Crippen molar-refractivity contribution in [3.8, 4) is 5.75 Å². The number of benzene rings is 1. The molecule has 1 heterocycles. The lowest BCUT2D eigenvalue weighted by Gasteiger charge is -2.27. The Kier molecular flexibility index (Phi) is 4.30. The fourth-order valence-corrected chi connectivity index (χ4v) is 2.56. The molecule has 0 amide bonds. The van der Waals surface area contributed by atoms with Crippen LogP contribution in [0.4, 0.5) is 0 Å². The quantitative estimate of drug-likeness (QED) is 0.772. The Morgan fingerprint density at radius 2 is 2.29 bits per heavy atom. The van der Waals surface area contributed by atoms with Crippen molar-refractivity contribution in [3.05, 3.63) is 29.3 Å². The number of ether oxygens (including phenoxy) is 2. The molecule has 1 aromatic carbocycles. The fraction of sp³-hybridized carbons (Fsp3) is 0.571. The van der Waals surface area contributed by atoms with Crippen LogP contribution >= 0.6 is 11.6 Å². The molecule has 1 saturated heterocycles. The molecule has 2 atom stereocenters. The van der Waals surface area contributed by atoms with Crippen LogP contribution in [0.15, 0.2) is 18.2 Å². The molecule has 1 aliphatic heterocycles. The lowest BCUT2D eigenvalue weighted by Crippen LogP contribution is -2.29.